The van der Waals surface area contributed by atoms with E-state index in [4.69, 9.17) is 44.3 Å². The van der Waals surface area contributed by atoms with Gasteiger partial charge in [0.15, 0.2) is 5.78 Å². The molecular formula is C27H32Cl3N3O4. The normalized spacial score (nSPS) is 24.4. The van der Waals surface area contributed by atoms with E-state index < -0.39 is 0 Å². The van der Waals surface area contributed by atoms with Crippen LogP contribution in [-0.4, -0.2) is 67.6 Å². The van der Waals surface area contributed by atoms with Crippen LogP contribution in [-0.2, 0) is 14.3 Å². The van der Waals surface area contributed by atoms with E-state index in [9.17, 15) is 9.59 Å². The summed E-state index contributed by atoms with van der Waals surface area (Å²) in [6.45, 7) is 4.37. The zero-order valence-corrected chi connectivity index (χ0v) is 22.9. The zero-order valence-electron chi connectivity index (χ0n) is 20.7. The van der Waals surface area contributed by atoms with Crippen LogP contribution in [0.1, 0.15) is 48.9 Å². The molecule has 1 aromatic carbocycles. The van der Waals surface area contributed by atoms with Gasteiger partial charge in [-0.1, -0.05) is 40.9 Å². The number of ketones is 1. The lowest BCUT2D eigenvalue weighted by Gasteiger charge is -2.47. The van der Waals surface area contributed by atoms with E-state index in [1.165, 1.54) is 0 Å². The summed E-state index contributed by atoms with van der Waals surface area (Å²) in [5.41, 5.74) is 0.721. The summed E-state index contributed by atoms with van der Waals surface area (Å²) in [6.07, 6.45) is 7.06. The third-order valence-corrected chi connectivity index (χ3v) is 8.89. The van der Waals surface area contributed by atoms with E-state index in [0.29, 0.717) is 41.1 Å². The second-order valence-electron chi connectivity index (χ2n) is 10.2. The fourth-order valence-electron chi connectivity index (χ4n) is 5.64. The highest BCUT2D eigenvalue weighted by molar-refractivity contribution is 6.44. The van der Waals surface area contributed by atoms with Crippen LogP contribution < -0.4 is 10.6 Å². The first-order valence-electron chi connectivity index (χ1n) is 13.0. The van der Waals surface area contributed by atoms with Crippen molar-refractivity contribution in [2.75, 3.05) is 39.4 Å². The Kier molecular flexibility index (Phi) is 8.37. The van der Waals surface area contributed by atoms with Gasteiger partial charge < -0.3 is 25.0 Å². The summed E-state index contributed by atoms with van der Waals surface area (Å²) in [5, 5.41) is 7.35. The standard InChI is InChI=1S/C27H32Cl3N3O4/c28-19-2-1-3-20(29)23(19)26(35)31-10-13-33-11-8-27(9-12-33)7-4-18-22(37-27)16-21(24(30)25(18)34)32-17-5-14-36-15-6-17/h1-3,16-18,32H,4-15H2,(H,31,35). The van der Waals surface area contributed by atoms with Crippen LogP contribution in [0.2, 0.25) is 10.0 Å². The number of benzene rings is 1. The summed E-state index contributed by atoms with van der Waals surface area (Å²) in [6, 6.07) is 5.27. The number of ether oxygens (including phenoxy) is 2. The average molecular weight is 569 g/mol. The summed E-state index contributed by atoms with van der Waals surface area (Å²) in [5.74, 6) is 0.141. The van der Waals surface area contributed by atoms with Crippen molar-refractivity contribution in [2.24, 2.45) is 5.92 Å². The Bertz CT molecular complexity index is 1090. The number of Topliss-reactive ketones (excluding diaryl/α,β-unsaturated/α-hetero) is 1. The molecular weight excluding hydrogens is 537 g/mol. The Morgan fingerprint density at radius 2 is 1.76 bits per heavy atom. The maximum atomic E-state index is 13.0. The molecule has 0 saturated carbocycles. The van der Waals surface area contributed by atoms with Crippen molar-refractivity contribution in [1.82, 2.24) is 15.5 Å². The van der Waals surface area contributed by atoms with Gasteiger partial charge in [-0.05, 0) is 50.7 Å². The number of piperidine rings is 1. The van der Waals surface area contributed by atoms with Crippen molar-refractivity contribution in [3.8, 4) is 0 Å². The van der Waals surface area contributed by atoms with Crippen molar-refractivity contribution in [2.45, 2.75) is 50.2 Å². The smallest absolute Gasteiger partial charge is 0.254 e. The van der Waals surface area contributed by atoms with E-state index in [1.807, 2.05) is 6.08 Å². The minimum atomic E-state index is -0.289. The third kappa shape index (κ3) is 5.96. The maximum absolute atomic E-state index is 13.0. The molecule has 0 aromatic heterocycles. The molecule has 3 aliphatic heterocycles. The molecule has 2 N–H and O–H groups in total. The Morgan fingerprint density at radius 1 is 1.05 bits per heavy atom. The quantitative estimate of drug-likeness (QED) is 0.519. The van der Waals surface area contributed by atoms with Gasteiger partial charge in [0, 0.05) is 51.5 Å². The van der Waals surface area contributed by atoms with Gasteiger partial charge in [-0.2, -0.15) is 0 Å². The molecule has 0 bridgehead atoms. The Balaban J connectivity index is 1.14. The first-order valence-corrected chi connectivity index (χ1v) is 14.1. The van der Waals surface area contributed by atoms with Crippen molar-refractivity contribution >= 4 is 46.5 Å². The summed E-state index contributed by atoms with van der Waals surface area (Å²) in [7, 11) is 0. The molecule has 10 heteroatoms. The molecule has 1 spiro atoms. The number of hydrogen-bond acceptors (Lipinski definition) is 6. The Hall–Kier alpha value is -1.77. The molecule has 200 valence electrons. The number of likely N-dealkylation sites (tertiary alicyclic amines) is 1. The molecule has 5 rings (SSSR count). The maximum Gasteiger partial charge on any atom is 0.254 e. The van der Waals surface area contributed by atoms with Crippen LogP contribution >= 0.6 is 34.8 Å². The fraction of sp³-hybridized carbons (Fsp3) is 0.556. The highest BCUT2D eigenvalue weighted by atomic mass is 35.5. The number of halogens is 3. The number of allylic oxidation sites excluding steroid dienone is 3. The zero-order chi connectivity index (χ0) is 26.0. The molecule has 1 aromatic rings. The second kappa shape index (κ2) is 11.5. The molecule has 3 saturated heterocycles. The van der Waals surface area contributed by atoms with Crippen molar-refractivity contribution in [3.63, 3.8) is 0 Å². The van der Waals surface area contributed by atoms with Crippen LogP contribution in [0, 0.1) is 5.92 Å². The fourth-order valence-corrected chi connectivity index (χ4v) is 6.45. The molecule has 37 heavy (non-hydrogen) atoms. The summed E-state index contributed by atoms with van der Waals surface area (Å²) >= 11 is 18.8. The van der Waals surface area contributed by atoms with Crippen molar-refractivity contribution in [1.29, 1.82) is 0 Å². The van der Waals surface area contributed by atoms with E-state index in [1.54, 1.807) is 18.2 Å². The molecule has 3 heterocycles. The van der Waals surface area contributed by atoms with Gasteiger partial charge >= 0.3 is 0 Å². The molecule has 1 unspecified atom stereocenters. The number of rotatable bonds is 6. The van der Waals surface area contributed by atoms with Crippen LogP contribution in [0.15, 0.2) is 40.8 Å². The van der Waals surface area contributed by atoms with Gasteiger partial charge in [0.2, 0.25) is 0 Å². The molecule has 4 aliphatic rings. The van der Waals surface area contributed by atoms with Crippen LogP contribution in [0.25, 0.3) is 0 Å². The number of hydrogen-bond donors (Lipinski definition) is 2. The molecule has 3 fully saturated rings. The molecule has 1 aliphatic carbocycles. The predicted octanol–water partition coefficient (Wildman–Crippen LogP) is 4.67. The van der Waals surface area contributed by atoms with Gasteiger partial charge in [0.05, 0.1) is 27.2 Å². The minimum absolute atomic E-state index is 0.0459. The summed E-state index contributed by atoms with van der Waals surface area (Å²) < 4.78 is 12.0. The molecule has 1 amide bonds. The number of carbonyl (C=O) groups is 2. The number of nitrogens with one attached hydrogen (secondary N) is 2. The Morgan fingerprint density at radius 3 is 2.46 bits per heavy atom. The molecule has 7 nitrogen and oxygen atoms in total. The SMILES string of the molecule is O=C(NCCN1CCC2(CCC3C(=O)C(Cl)=C(NC4CCOCC4)C=C3O2)CC1)c1c(Cl)cccc1Cl. The highest BCUT2D eigenvalue weighted by Crippen LogP contribution is 2.45. The molecule has 0 radical (unpaired) electrons. The lowest BCUT2D eigenvalue weighted by atomic mass is 9.78. The second-order valence-corrected chi connectivity index (χ2v) is 11.4. The first-order chi connectivity index (χ1) is 17.8. The van der Waals surface area contributed by atoms with Crippen LogP contribution in [0.4, 0.5) is 0 Å². The van der Waals surface area contributed by atoms with Gasteiger partial charge in [-0.15, -0.1) is 0 Å². The van der Waals surface area contributed by atoms with E-state index in [0.717, 1.165) is 63.9 Å². The molecule has 1 atom stereocenters. The van der Waals surface area contributed by atoms with Gasteiger partial charge in [0.1, 0.15) is 16.4 Å². The number of carbonyl (C=O) groups excluding carboxylic acids is 2. The first kappa shape index (κ1) is 26.8. The van der Waals surface area contributed by atoms with E-state index in [2.05, 4.69) is 15.5 Å². The van der Waals surface area contributed by atoms with Crippen LogP contribution in [0.5, 0.6) is 0 Å². The largest absolute Gasteiger partial charge is 0.491 e. The average Bonchev–Trinajstić information content (AvgIpc) is 2.89. The van der Waals surface area contributed by atoms with Crippen molar-refractivity contribution < 1.29 is 19.1 Å². The summed E-state index contributed by atoms with van der Waals surface area (Å²) in [4.78, 5) is 27.9. The lowest BCUT2D eigenvalue weighted by molar-refractivity contribution is -0.128. The van der Waals surface area contributed by atoms with Crippen molar-refractivity contribution in [3.05, 3.63) is 56.4 Å². The van der Waals surface area contributed by atoms with E-state index >= 15 is 0 Å². The highest BCUT2D eigenvalue weighted by Gasteiger charge is 2.46. The minimum Gasteiger partial charge on any atom is -0.491 e. The van der Waals surface area contributed by atoms with Gasteiger partial charge in [-0.3, -0.25) is 9.59 Å². The van der Waals surface area contributed by atoms with Gasteiger partial charge in [-0.25, -0.2) is 0 Å². The number of fused-ring (bicyclic) bond motifs is 1. The number of amides is 1. The lowest BCUT2D eigenvalue weighted by Crippen LogP contribution is -2.50. The van der Waals surface area contributed by atoms with Gasteiger partial charge in [0.25, 0.3) is 5.91 Å². The van der Waals surface area contributed by atoms with E-state index in [-0.39, 0.29) is 34.3 Å². The number of nitrogens with zero attached hydrogens (tertiary/aromatic N) is 1. The predicted molar refractivity (Wildman–Crippen MR) is 144 cm³/mol. The Labute approximate surface area is 232 Å². The van der Waals surface area contributed by atoms with Crippen LogP contribution in [0.3, 0.4) is 0 Å². The third-order valence-electron chi connectivity index (χ3n) is 7.87. The topological polar surface area (TPSA) is 79.9 Å². The monoisotopic (exact) mass is 567 g/mol.